The van der Waals surface area contributed by atoms with E-state index in [4.69, 9.17) is 9.47 Å². The molecule has 1 N–H and O–H groups in total. The molecule has 0 saturated carbocycles. The molecule has 0 atom stereocenters. The van der Waals surface area contributed by atoms with Crippen molar-refractivity contribution in [2.45, 2.75) is 20.4 Å². The molecule has 3 aromatic rings. The molecule has 0 saturated heterocycles. The van der Waals surface area contributed by atoms with Crippen molar-refractivity contribution in [1.82, 2.24) is 9.88 Å². The standard InChI is InChI=1S/C21H24N2O3/c1-15-10-16(2)12-19(11-15)26-9-7-22-21(24)14-23-8-6-17-13-18(25-3)4-5-20(17)23/h4-6,8,10-13H,7,9,14H2,1-3H3,(H,22,24). The number of carbonyl (C=O) groups excluding carboxylic acids is 1. The van der Waals surface area contributed by atoms with Crippen molar-refractivity contribution >= 4 is 16.8 Å². The zero-order valence-electron chi connectivity index (χ0n) is 15.4. The van der Waals surface area contributed by atoms with Crippen LogP contribution in [0.5, 0.6) is 11.5 Å². The normalized spacial score (nSPS) is 10.7. The zero-order valence-corrected chi connectivity index (χ0v) is 15.4. The highest BCUT2D eigenvalue weighted by Crippen LogP contribution is 2.21. The van der Waals surface area contributed by atoms with Crippen LogP contribution in [0.25, 0.3) is 10.9 Å². The molecule has 1 heterocycles. The first-order valence-electron chi connectivity index (χ1n) is 8.66. The van der Waals surface area contributed by atoms with E-state index in [1.165, 1.54) is 11.1 Å². The van der Waals surface area contributed by atoms with E-state index in [0.717, 1.165) is 22.4 Å². The molecule has 0 aliphatic rings. The Labute approximate surface area is 153 Å². The Morgan fingerprint density at radius 1 is 1.04 bits per heavy atom. The first-order valence-corrected chi connectivity index (χ1v) is 8.66. The van der Waals surface area contributed by atoms with Gasteiger partial charge >= 0.3 is 0 Å². The third kappa shape index (κ3) is 4.36. The third-order valence-electron chi connectivity index (χ3n) is 4.18. The van der Waals surface area contributed by atoms with Gasteiger partial charge in [0.15, 0.2) is 0 Å². The van der Waals surface area contributed by atoms with Crippen LogP contribution in [0.4, 0.5) is 0 Å². The van der Waals surface area contributed by atoms with Crippen LogP contribution in [0.2, 0.25) is 0 Å². The van der Waals surface area contributed by atoms with Gasteiger partial charge in [-0.15, -0.1) is 0 Å². The lowest BCUT2D eigenvalue weighted by Gasteiger charge is -2.10. The smallest absolute Gasteiger partial charge is 0.240 e. The number of nitrogens with one attached hydrogen (secondary N) is 1. The summed E-state index contributed by atoms with van der Waals surface area (Å²) < 4.78 is 12.9. The zero-order chi connectivity index (χ0) is 18.5. The fourth-order valence-corrected chi connectivity index (χ4v) is 3.03. The molecule has 2 aromatic carbocycles. The van der Waals surface area contributed by atoms with Crippen molar-refractivity contribution in [3.8, 4) is 11.5 Å². The Hall–Kier alpha value is -2.95. The lowest BCUT2D eigenvalue weighted by molar-refractivity contribution is -0.121. The number of aryl methyl sites for hydroxylation is 2. The molecule has 1 aromatic heterocycles. The highest BCUT2D eigenvalue weighted by molar-refractivity contribution is 5.84. The summed E-state index contributed by atoms with van der Waals surface area (Å²) in [5.74, 6) is 1.60. The van der Waals surface area contributed by atoms with Crippen LogP contribution in [-0.2, 0) is 11.3 Å². The summed E-state index contributed by atoms with van der Waals surface area (Å²) in [5, 5.41) is 3.95. The molecule has 26 heavy (non-hydrogen) atoms. The van der Waals surface area contributed by atoms with Crippen molar-refractivity contribution in [3.05, 3.63) is 59.8 Å². The van der Waals surface area contributed by atoms with Gasteiger partial charge in [-0.1, -0.05) is 6.07 Å². The van der Waals surface area contributed by atoms with Gasteiger partial charge in [0.05, 0.1) is 13.7 Å². The number of ether oxygens (including phenoxy) is 2. The molecule has 0 aliphatic heterocycles. The van der Waals surface area contributed by atoms with Crippen LogP contribution in [0, 0.1) is 13.8 Å². The summed E-state index contributed by atoms with van der Waals surface area (Å²) in [6.45, 7) is 5.27. The molecule has 0 aliphatic carbocycles. The molecule has 5 nitrogen and oxygen atoms in total. The molecular weight excluding hydrogens is 328 g/mol. The first kappa shape index (κ1) is 17.9. The summed E-state index contributed by atoms with van der Waals surface area (Å²) in [5.41, 5.74) is 3.34. The Balaban J connectivity index is 1.50. The summed E-state index contributed by atoms with van der Waals surface area (Å²) in [6.07, 6.45) is 1.91. The minimum Gasteiger partial charge on any atom is -0.497 e. The maximum Gasteiger partial charge on any atom is 0.240 e. The molecular formula is C21H24N2O3. The minimum atomic E-state index is -0.0395. The fourth-order valence-electron chi connectivity index (χ4n) is 3.03. The van der Waals surface area contributed by atoms with E-state index >= 15 is 0 Å². The van der Waals surface area contributed by atoms with Crippen LogP contribution >= 0.6 is 0 Å². The molecule has 0 unspecified atom stereocenters. The summed E-state index contributed by atoms with van der Waals surface area (Å²) in [6, 6.07) is 13.9. The number of hydrogen-bond donors (Lipinski definition) is 1. The van der Waals surface area contributed by atoms with Gasteiger partial charge in [0.25, 0.3) is 0 Å². The second-order valence-electron chi connectivity index (χ2n) is 6.39. The van der Waals surface area contributed by atoms with E-state index < -0.39 is 0 Å². The average molecular weight is 352 g/mol. The number of methoxy groups -OCH3 is 1. The van der Waals surface area contributed by atoms with E-state index in [1.807, 2.05) is 61.0 Å². The van der Waals surface area contributed by atoms with Crippen LogP contribution in [0.3, 0.4) is 0 Å². The minimum absolute atomic E-state index is 0.0395. The Kier molecular flexibility index (Phi) is 5.46. The molecule has 0 fully saturated rings. The van der Waals surface area contributed by atoms with E-state index in [2.05, 4.69) is 11.4 Å². The highest BCUT2D eigenvalue weighted by atomic mass is 16.5. The van der Waals surface area contributed by atoms with E-state index in [0.29, 0.717) is 13.2 Å². The van der Waals surface area contributed by atoms with Crippen molar-refractivity contribution in [2.75, 3.05) is 20.3 Å². The van der Waals surface area contributed by atoms with Gasteiger partial charge in [-0.05, 0) is 61.4 Å². The van der Waals surface area contributed by atoms with Gasteiger partial charge in [-0.2, -0.15) is 0 Å². The van der Waals surface area contributed by atoms with Crippen LogP contribution < -0.4 is 14.8 Å². The average Bonchev–Trinajstić information content (AvgIpc) is 3.00. The SMILES string of the molecule is COc1ccc2c(ccn2CC(=O)NCCOc2cc(C)cc(C)c2)c1. The number of hydrogen-bond acceptors (Lipinski definition) is 3. The number of carbonyl (C=O) groups is 1. The van der Waals surface area contributed by atoms with E-state index in [1.54, 1.807) is 7.11 Å². The molecule has 0 radical (unpaired) electrons. The third-order valence-corrected chi connectivity index (χ3v) is 4.18. The largest absolute Gasteiger partial charge is 0.497 e. The van der Waals surface area contributed by atoms with Gasteiger partial charge < -0.3 is 19.4 Å². The van der Waals surface area contributed by atoms with Gasteiger partial charge in [-0.25, -0.2) is 0 Å². The predicted molar refractivity (Wildman–Crippen MR) is 103 cm³/mol. The van der Waals surface area contributed by atoms with Gasteiger partial charge in [0, 0.05) is 17.1 Å². The second-order valence-corrected chi connectivity index (χ2v) is 6.39. The first-order chi connectivity index (χ1) is 12.5. The number of amides is 1. The number of benzene rings is 2. The number of fused-ring (bicyclic) bond motifs is 1. The van der Waals surface area contributed by atoms with Crippen molar-refractivity contribution in [1.29, 1.82) is 0 Å². The maximum absolute atomic E-state index is 12.2. The van der Waals surface area contributed by atoms with Crippen LogP contribution in [0.15, 0.2) is 48.7 Å². The van der Waals surface area contributed by atoms with Crippen LogP contribution in [0.1, 0.15) is 11.1 Å². The molecule has 3 rings (SSSR count). The summed E-state index contributed by atoms with van der Waals surface area (Å²) >= 11 is 0. The quantitative estimate of drug-likeness (QED) is 0.663. The molecule has 136 valence electrons. The van der Waals surface area contributed by atoms with Crippen molar-refractivity contribution < 1.29 is 14.3 Å². The number of aromatic nitrogens is 1. The fraction of sp³-hybridized carbons (Fsp3) is 0.286. The lowest BCUT2D eigenvalue weighted by atomic mass is 10.1. The van der Waals surface area contributed by atoms with Gasteiger partial charge in [-0.3, -0.25) is 4.79 Å². The van der Waals surface area contributed by atoms with Crippen molar-refractivity contribution in [2.24, 2.45) is 0 Å². The Bertz CT molecular complexity index is 895. The predicted octanol–water partition coefficient (Wildman–Crippen LogP) is 3.46. The van der Waals surface area contributed by atoms with Crippen LogP contribution in [-0.4, -0.2) is 30.7 Å². The maximum atomic E-state index is 12.2. The lowest BCUT2D eigenvalue weighted by Crippen LogP contribution is -2.31. The Morgan fingerprint density at radius 2 is 1.81 bits per heavy atom. The van der Waals surface area contributed by atoms with Crippen molar-refractivity contribution in [3.63, 3.8) is 0 Å². The molecule has 0 spiro atoms. The molecule has 5 heteroatoms. The molecule has 1 amide bonds. The Morgan fingerprint density at radius 3 is 2.54 bits per heavy atom. The molecule has 0 bridgehead atoms. The van der Waals surface area contributed by atoms with E-state index in [-0.39, 0.29) is 12.5 Å². The van der Waals surface area contributed by atoms with E-state index in [9.17, 15) is 4.79 Å². The number of nitrogens with zero attached hydrogens (tertiary/aromatic N) is 1. The summed E-state index contributed by atoms with van der Waals surface area (Å²) in [7, 11) is 1.64. The van der Waals surface area contributed by atoms with Gasteiger partial charge in [0.2, 0.25) is 5.91 Å². The summed E-state index contributed by atoms with van der Waals surface area (Å²) in [4.78, 5) is 12.2. The number of rotatable bonds is 7. The van der Waals surface area contributed by atoms with Gasteiger partial charge in [0.1, 0.15) is 24.7 Å². The highest BCUT2D eigenvalue weighted by Gasteiger charge is 2.07. The topological polar surface area (TPSA) is 52.5 Å². The monoisotopic (exact) mass is 352 g/mol. The second kappa shape index (κ2) is 7.95.